The minimum Gasteiger partial charge on any atom is -0.381 e. The molecule has 0 bridgehead atoms. The summed E-state index contributed by atoms with van der Waals surface area (Å²) in [5, 5.41) is 7.12. The van der Waals surface area contributed by atoms with Gasteiger partial charge in [-0.3, -0.25) is 0 Å². The summed E-state index contributed by atoms with van der Waals surface area (Å²) in [6.45, 7) is 0. The summed E-state index contributed by atoms with van der Waals surface area (Å²) in [6.07, 6.45) is 1.29. The summed E-state index contributed by atoms with van der Waals surface area (Å²) >= 11 is 0. The fourth-order valence-corrected chi connectivity index (χ4v) is 1.52. The Morgan fingerprint density at radius 1 is 1.15 bits per heavy atom. The van der Waals surface area contributed by atoms with Crippen LogP contribution >= 0.6 is 0 Å². The third kappa shape index (κ3) is 2.26. The lowest BCUT2D eigenvalue weighted by Gasteiger charge is -2.04. The third-order valence-corrected chi connectivity index (χ3v) is 2.19. The van der Waals surface area contributed by atoms with E-state index in [0.29, 0.717) is 12.8 Å². The number of ether oxygens (including phenoxy) is 1. The van der Waals surface area contributed by atoms with E-state index in [-0.39, 0.29) is 18.2 Å². The second-order valence-corrected chi connectivity index (χ2v) is 2.87. The van der Waals surface area contributed by atoms with Crippen molar-refractivity contribution in [2.75, 3.05) is 7.11 Å². The standard InChI is InChI=1S/C6H10N6O/c1-13-4-2-5(9-11-7)6(3-4)10-12-8/h4-6H,2-3H2,1H3/t5-,6-/m1/s1. The Labute approximate surface area is 74.9 Å². The molecule has 0 saturated heterocycles. The van der Waals surface area contributed by atoms with Crippen molar-refractivity contribution in [2.24, 2.45) is 10.2 Å². The first-order valence-electron chi connectivity index (χ1n) is 3.93. The van der Waals surface area contributed by atoms with E-state index in [2.05, 4.69) is 20.1 Å². The molecule has 70 valence electrons. The monoisotopic (exact) mass is 182 g/mol. The molecule has 1 saturated carbocycles. The molecule has 7 heteroatoms. The van der Waals surface area contributed by atoms with E-state index >= 15 is 0 Å². The van der Waals surface area contributed by atoms with Gasteiger partial charge in [-0.1, -0.05) is 10.2 Å². The minimum absolute atomic E-state index is 0.0333. The highest BCUT2D eigenvalue weighted by molar-refractivity contribution is 4.94. The predicted molar refractivity (Wildman–Crippen MR) is 45.9 cm³/mol. The van der Waals surface area contributed by atoms with Gasteiger partial charge in [-0.2, -0.15) is 0 Å². The SMILES string of the molecule is COC1C[C@@H](N=[N+]=[N-])[C@H](N=[N+]=[N-])C1. The van der Waals surface area contributed by atoms with Gasteiger partial charge in [0, 0.05) is 29.0 Å². The average Bonchev–Trinajstić information content (AvgIpc) is 2.50. The Bertz CT molecular complexity index is 240. The molecule has 1 aliphatic rings. The van der Waals surface area contributed by atoms with Gasteiger partial charge in [-0.15, -0.1) is 0 Å². The Balaban J connectivity index is 2.69. The molecule has 0 heterocycles. The van der Waals surface area contributed by atoms with Gasteiger partial charge >= 0.3 is 0 Å². The summed E-state index contributed by atoms with van der Waals surface area (Å²) in [7, 11) is 1.59. The molecule has 13 heavy (non-hydrogen) atoms. The van der Waals surface area contributed by atoms with Crippen molar-refractivity contribution in [3.63, 3.8) is 0 Å². The van der Waals surface area contributed by atoms with Crippen molar-refractivity contribution in [1.82, 2.24) is 0 Å². The van der Waals surface area contributed by atoms with E-state index in [1.807, 2.05) is 0 Å². The summed E-state index contributed by atoms with van der Waals surface area (Å²) in [6, 6.07) is -0.517. The van der Waals surface area contributed by atoms with E-state index in [1.54, 1.807) is 7.11 Å². The summed E-state index contributed by atoms with van der Waals surface area (Å²) in [5.41, 5.74) is 16.5. The molecule has 0 radical (unpaired) electrons. The highest BCUT2D eigenvalue weighted by Gasteiger charge is 2.32. The molecule has 1 rings (SSSR count). The smallest absolute Gasteiger partial charge is 0.0579 e. The van der Waals surface area contributed by atoms with Crippen molar-refractivity contribution in [3.05, 3.63) is 20.9 Å². The molecule has 1 aliphatic carbocycles. The number of hydrogen-bond acceptors (Lipinski definition) is 3. The third-order valence-electron chi connectivity index (χ3n) is 2.19. The molecule has 0 aromatic rings. The highest BCUT2D eigenvalue weighted by atomic mass is 16.5. The Kier molecular flexibility index (Phi) is 3.40. The lowest BCUT2D eigenvalue weighted by molar-refractivity contribution is 0.107. The number of methoxy groups -OCH3 is 1. The van der Waals surface area contributed by atoms with Gasteiger partial charge < -0.3 is 4.74 Å². The lowest BCUT2D eigenvalue weighted by atomic mass is 10.2. The van der Waals surface area contributed by atoms with Gasteiger partial charge in [0.15, 0.2) is 0 Å². The van der Waals surface area contributed by atoms with Crippen LogP contribution in [0.5, 0.6) is 0 Å². The Hall–Kier alpha value is -1.42. The van der Waals surface area contributed by atoms with Crippen LogP contribution in [0.15, 0.2) is 10.2 Å². The largest absolute Gasteiger partial charge is 0.381 e. The van der Waals surface area contributed by atoms with Gasteiger partial charge in [0.05, 0.1) is 6.10 Å². The van der Waals surface area contributed by atoms with Crippen LogP contribution in [0, 0.1) is 0 Å². The predicted octanol–water partition coefficient (Wildman–Crippen LogP) is 2.15. The van der Waals surface area contributed by atoms with E-state index in [4.69, 9.17) is 15.8 Å². The van der Waals surface area contributed by atoms with Gasteiger partial charge in [0.2, 0.25) is 0 Å². The molecule has 2 atom stereocenters. The van der Waals surface area contributed by atoms with E-state index in [9.17, 15) is 0 Å². The Morgan fingerprint density at radius 3 is 1.92 bits per heavy atom. The first-order chi connectivity index (χ1) is 6.31. The first-order valence-corrected chi connectivity index (χ1v) is 3.93. The number of rotatable bonds is 3. The fraction of sp³-hybridized carbons (Fsp3) is 1.00. The normalized spacial score (nSPS) is 31.9. The molecule has 0 aliphatic heterocycles. The van der Waals surface area contributed by atoms with Crippen molar-refractivity contribution in [1.29, 1.82) is 0 Å². The maximum absolute atomic E-state index is 8.25. The first kappa shape index (κ1) is 9.67. The van der Waals surface area contributed by atoms with Crippen molar-refractivity contribution in [2.45, 2.75) is 31.0 Å². The zero-order chi connectivity index (χ0) is 9.68. The maximum Gasteiger partial charge on any atom is 0.0579 e. The van der Waals surface area contributed by atoms with Crippen LogP contribution in [-0.4, -0.2) is 25.3 Å². The summed E-state index contributed by atoms with van der Waals surface area (Å²) in [5.74, 6) is 0. The van der Waals surface area contributed by atoms with Gasteiger partial charge in [-0.25, -0.2) is 0 Å². The summed E-state index contributed by atoms with van der Waals surface area (Å²) < 4.78 is 5.10. The van der Waals surface area contributed by atoms with Crippen molar-refractivity contribution in [3.8, 4) is 0 Å². The van der Waals surface area contributed by atoms with Crippen LogP contribution < -0.4 is 0 Å². The number of hydrogen-bond donors (Lipinski definition) is 0. The molecule has 0 aromatic carbocycles. The van der Waals surface area contributed by atoms with E-state index in [0.717, 1.165) is 0 Å². The van der Waals surface area contributed by atoms with Crippen LogP contribution in [0.4, 0.5) is 0 Å². The fourth-order valence-electron chi connectivity index (χ4n) is 1.52. The van der Waals surface area contributed by atoms with Gasteiger partial charge in [-0.05, 0) is 23.9 Å². The molecule has 0 amide bonds. The molecule has 0 unspecified atom stereocenters. The Morgan fingerprint density at radius 2 is 1.62 bits per heavy atom. The number of azide groups is 2. The quantitative estimate of drug-likeness (QED) is 0.372. The van der Waals surface area contributed by atoms with E-state index < -0.39 is 0 Å². The number of nitrogens with zero attached hydrogens (tertiary/aromatic N) is 6. The van der Waals surface area contributed by atoms with Crippen molar-refractivity contribution < 1.29 is 4.74 Å². The molecular weight excluding hydrogens is 172 g/mol. The van der Waals surface area contributed by atoms with E-state index in [1.165, 1.54) is 0 Å². The second kappa shape index (κ2) is 4.57. The molecule has 0 spiro atoms. The minimum atomic E-state index is -0.258. The van der Waals surface area contributed by atoms with Crippen LogP contribution in [0.3, 0.4) is 0 Å². The molecular formula is C6H10N6O. The molecule has 7 nitrogen and oxygen atoms in total. The molecule has 0 N–H and O–H groups in total. The van der Waals surface area contributed by atoms with Gasteiger partial charge in [0.1, 0.15) is 0 Å². The second-order valence-electron chi connectivity index (χ2n) is 2.87. The zero-order valence-corrected chi connectivity index (χ0v) is 7.24. The van der Waals surface area contributed by atoms with Crippen LogP contribution in [0.2, 0.25) is 0 Å². The highest BCUT2D eigenvalue weighted by Crippen LogP contribution is 2.27. The zero-order valence-electron chi connectivity index (χ0n) is 7.24. The lowest BCUT2D eigenvalue weighted by Crippen LogP contribution is -2.12. The van der Waals surface area contributed by atoms with Crippen molar-refractivity contribution >= 4 is 0 Å². The topological polar surface area (TPSA) is 107 Å². The van der Waals surface area contributed by atoms with Crippen LogP contribution in [0.25, 0.3) is 20.9 Å². The van der Waals surface area contributed by atoms with Gasteiger partial charge in [0.25, 0.3) is 0 Å². The average molecular weight is 182 g/mol. The molecule has 0 aromatic heterocycles. The summed E-state index contributed by atoms with van der Waals surface area (Å²) in [4.78, 5) is 5.41. The maximum atomic E-state index is 8.25. The molecule has 1 fully saturated rings. The van der Waals surface area contributed by atoms with Crippen LogP contribution in [0.1, 0.15) is 12.8 Å². The van der Waals surface area contributed by atoms with Crippen LogP contribution in [-0.2, 0) is 4.74 Å².